The summed E-state index contributed by atoms with van der Waals surface area (Å²) in [4.78, 5) is 19.8. The summed E-state index contributed by atoms with van der Waals surface area (Å²) in [7, 11) is 0. The van der Waals surface area contributed by atoms with E-state index in [9.17, 15) is 5.11 Å². The number of hydrogen-bond donors (Lipinski definition) is 2. The second kappa shape index (κ2) is 10.8. The molecule has 4 atom stereocenters. The van der Waals surface area contributed by atoms with Crippen molar-refractivity contribution in [1.29, 1.82) is 0 Å². The molecule has 6 rings (SSSR count). The Hall–Kier alpha value is -2.18. The minimum Gasteiger partial charge on any atom is -0.486 e. The number of pyridine rings is 1. The van der Waals surface area contributed by atoms with Gasteiger partial charge in [-0.25, -0.2) is 15.0 Å². The van der Waals surface area contributed by atoms with Crippen LogP contribution < -0.4 is 20.3 Å². The normalized spacial score (nSPS) is 27.9. The van der Waals surface area contributed by atoms with Gasteiger partial charge in [0.25, 0.3) is 0 Å². The fourth-order valence-corrected chi connectivity index (χ4v) is 7.29. The molecule has 0 amide bonds. The van der Waals surface area contributed by atoms with Gasteiger partial charge < -0.3 is 34.9 Å². The van der Waals surface area contributed by atoms with Gasteiger partial charge in [0.05, 0.1) is 43.1 Å². The number of ether oxygens (including phenoxy) is 3. The molecule has 3 fully saturated rings. The molecule has 1 spiro atoms. The van der Waals surface area contributed by atoms with Crippen LogP contribution in [-0.4, -0.2) is 84.3 Å². The summed E-state index contributed by atoms with van der Waals surface area (Å²) in [6.45, 7) is 9.39. The van der Waals surface area contributed by atoms with Crippen molar-refractivity contribution in [3.05, 3.63) is 24.2 Å². The van der Waals surface area contributed by atoms with Crippen LogP contribution in [0.2, 0.25) is 0 Å². The number of piperidine rings is 1. The molecule has 4 aliphatic heterocycles. The van der Waals surface area contributed by atoms with E-state index in [2.05, 4.69) is 21.7 Å². The Morgan fingerprint density at radius 2 is 2.11 bits per heavy atom. The predicted octanol–water partition coefficient (Wildman–Crippen LogP) is 2.47. The minimum atomic E-state index is -0.167. The van der Waals surface area contributed by atoms with E-state index in [1.807, 2.05) is 19.2 Å². The number of aliphatic hydroxyl groups excluding tert-OH is 1. The molecule has 0 radical (unpaired) electrons. The van der Waals surface area contributed by atoms with Crippen molar-refractivity contribution < 1.29 is 19.3 Å². The van der Waals surface area contributed by atoms with Gasteiger partial charge in [0, 0.05) is 49.8 Å². The summed E-state index contributed by atoms with van der Waals surface area (Å²) in [6.07, 6.45) is 6.68. The molecule has 0 saturated carbocycles. The van der Waals surface area contributed by atoms with Crippen LogP contribution in [-0.2, 0) is 16.1 Å². The summed E-state index contributed by atoms with van der Waals surface area (Å²) < 4.78 is 17.8. The Balaban J connectivity index is 1.16. The maximum absolute atomic E-state index is 10.2. The van der Waals surface area contributed by atoms with E-state index < -0.39 is 0 Å². The number of anilines is 2. The monoisotopic (exact) mass is 542 g/mol. The highest BCUT2D eigenvalue weighted by Crippen LogP contribution is 2.45. The third-order valence-electron chi connectivity index (χ3n) is 8.67. The lowest BCUT2D eigenvalue weighted by Gasteiger charge is -2.41. The standard InChI is InChI=1S/C27H38N6O4S/c1-3-35-14-18-10-19-15-36-23-21(4-7-29-26(23)33(19)12-18)38-22-11-30-25(20(13-34)31-22)32-8-5-27(6-9-32)16-37-17(2)24(27)28/h4,7,11,17-19,24,34H,3,5-6,8-10,12-16,28H2,1-2H3/t17-,18-,19+,24+/m0/s1. The number of hydrogen-bond acceptors (Lipinski definition) is 11. The lowest BCUT2D eigenvalue weighted by Crippen LogP contribution is -2.51. The zero-order chi connectivity index (χ0) is 26.3. The van der Waals surface area contributed by atoms with Crippen LogP contribution in [0.5, 0.6) is 5.75 Å². The second-order valence-corrected chi connectivity index (χ2v) is 12.0. The molecule has 0 unspecified atom stereocenters. The molecule has 11 heteroatoms. The van der Waals surface area contributed by atoms with Gasteiger partial charge >= 0.3 is 0 Å². The Labute approximate surface area is 228 Å². The SMILES string of the molecule is CCOC[C@H]1C[C@@H]2COc3c(Sc4cnc(N5CCC6(CC5)CO[C@@H](C)[C@H]6N)c(CO)n4)ccnc3N2C1. The molecule has 0 aromatic carbocycles. The van der Waals surface area contributed by atoms with E-state index >= 15 is 0 Å². The van der Waals surface area contributed by atoms with Crippen molar-refractivity contribution in [1.82, 2.24) is 15.0 Å². The van der Waals surface area contributed by atoms with Crippen molar-refractivity contribution in [3.63, 3.8) is 0 Å². The number of fused-ring (bicyclic) bond motifs is 3. The van der Waals surface area contributed by atoms with Gasteiger partial charge in [-0.05, 0) is 39.2 Å². The molecule has 206 valence electrons. The zero-order valence-corrected chi connectivity index (χ0v) is 23.0. The van der Waals surface area contributed by atoms with Crippen molar-refractivity contribution >= 4 is 23.4 Å². The average molecular weight is 543 g/mol. The van der Waals surface area contributed by atoms with E-state index in [1.165, 1.54) is 11.8 Å². The molecular formula is C27H38N6O4S. The largest absolute Gasteiger partial charge is 0.486 e. The van der Waals surface area contributed by atoms with Gasteiger partial charge in [-0.1, -0.05) is 11.8 Å². The van der Waals surface area contributed by atoms with Gasteiger partial charge in [-0.15, -0.1) is 0 Å². The highest BCUT2D eigenvalue weighted by Gasteiger charge is 2.48. The van der Waals surface area contributed by atoms with Crippen LogP contribution in [0.1, 0.15) is 38.8 Å². The molecular weight excluding hydrogens is 504 g/mol. The quantitative estimate of drug-likeness (QED) is 0.537. The summed E-state index contributed by atoms with van der Waals surface area (Å²) in [6, 6.07) is 2.36. The van der Waals surface area contributed by atoms with Gasteiger partial charge in [0.1, 0.15) is 17.3 Å². The fourth-order valence-electron chi connectivity index (χ4n) is 6.43. The molecule has 4 aliphatic rings. The fraction of sp³-hybridized carbons (Fsp3) is 0.667. The number of aromatic nitrogens is 3. The molecule has 3 N–H and O–H groups in total. The first-order valence-electron chi connectivity index (χ1n) is 13.7. The van der Waals surface area contributed by atoms with Crippen molar-refractivity contribution in [2.75, 3.05) is 55.9 Å². The molecule has 0 aliphatic carbocycles. The molecule has 3 saturated heterocycles. The third kappa shape index (κ3) is 4.72. The summed E-state index contributed by atoms with van der Waals surface area (Å²) in [5.74, 6) is 2.93. The van der Waals surface area contributed by atoms with Crippen LogP contribution in [0.4, 0.5) is 11.6 Å². The van der Waals surface area contributed by atoms with E-state index in [0.29, 0.717) is 24.3 Å². The van der Waals surface area contributed by atoms with Crippen molar-refractivity contribution in [3.8, 4) is 5.75 Å². The maximum Gasteiger partial charge on any atom is 0.175 e. The number of aliphatic hydroxyl groups is 1. The molecule has 2 aromatic rings. The first kappa shape index (κ1) is 26.1. The number of nitrogens with zero attached hydrogens (tertiary/aromatic N) is 5. The summed E-state index contributed by atoms with van der Waals surface area (Å²) >= 11 is 1.50. The average Bonchev–Trinajstić information content (AvgIpc) is 3.49. The Morgan fingerprint density at radius 1 is 1.26 bits per heavy atom. The maximum atomic E-state index is 10.2. The van der Waals surface area contributed by atoms with Crippen molar-refractivity contribution in [2.45, 2.75) is 67.8 Å². The first-order chi connectivity index (χ1) is 18.5. The van der Waals surface area contributed by atoms with Gasteiger partial charge in [0.2, 0.25) is 0 Å². The topological polar surface area (TPSA) is 119 Å². The Morgan fingerprint density at radius 3 is 2.84 bits per heavy atom. The zero-order valence-electron chi connectivity index (χ0n) is 22.2. The van der Waals surface area contributed by atoms with Crippen LogP contribution in [0, 0.1) is 11.3 Å². The summed E-state index contributed by atoms with van der Waals surface area (Å²) in [5, 5.41) is 10.9. The van der Waals surface area contributed by atoms with Gasteiger partial charge in [0.15, 0.2) is 17.4 Å². The smallest absolute Gasteiger partial charge is 0.175 e. The molecule has 10 nitrogen and oxygen atoms in total. The van der Waals surface area contributed by atoms with Crippen LogP contribution in [0.15, 0.2) is 28.4 Å². The van der Waals surface area contributed by atoms with E-state index in [-0.39, 0.29) is 24.2 Å². The highest BCUT2D eigenvalue weighted by atomic mass is 32.2. The Bertz CT molecular complexity index is 1150. The Kier molecular flexibility index (Phi) is 7.38. The van der Waals surface area contributed by atoms with E-state index in [4.69, 9.17) is 29.9 Å². The first-order valence-corrected chi connectivity index (χ1v) is 14.6. The second-order valence-electron chi connectivity index (χ2n) is 11.0. The van der Waals surface area contributed by atoms with Crippen LogP contribution >= 0.6 is 11.8 Å². The van der Waals surface area contributed by atoms with Gasteiger partial charge in [-0.2, -0.15) is 0 Å². The van der Waals surface area contributed by atoms with Gasteiger partial charge in [-0.3, -0.25) is 0 Å². The molecule has 6 heterocycles. The lowest BCUT2D eigenvalue weighted by atomic mass is 9.73. The van der Waals surface area contributed by atoms with E-state index in [1.54, 1.807) is 6.20 Å². The van der Waals surface area contributed by atoms with Crippen LogP contribution in [0.25, 0.3) is 0 Å². The molecule has 2 aromatic heterocycles. The molecule has 38 heavy (non-hydrogen) atoms. The number of rotatable bonds is 7. The van der Waals surface area contributed by atoms with E-state index in [0.717, 1.165) is 86.0 Å². The van der Waals surface area contributed by atoms with Crippen LogP contribution in [0.3, 0.4) is 0 Å². The van der Waals surface area contributed by atoms with Crippen molar-refractivity contribution in [2.24, 2.45) is 17.1 Å². The minimum absolute atomic E-state index is 0.0380. The number of nitrogens with two attached hydrogens (primary N) is 1. The summed E-state index contributed by atoms with van der Waals surface area (Å²) in [5.41, 5.74) is 7.12. The third-order valence-corrected chi connectivity index (χ3v) is 9.62. The predicted molar refractivity (Wildman–Crippen MR) is 145 cm³/mol. The lowest BCUT2D eigenvalue weighted by molar-refractivity contribution is 0.0973. The highest BCUT2D eigenvalue weighted by molar-refractivity contribution is 7.99. The molecule has 0 bridgehead atoms.